The minimum Gasteiger partial charge on any atom is -0.325 e. The monoisotopic (exact) mass is 346 g/mol. The van der Waals surface area contributed by atoms with Gasteiger partial charge in [-0.2, -0.15) is 0 Å². The van der Waals surface area contributed by atoms with Gasteiger partial charge in [0.1, 0.15) is 0 Å². The molecule has 4 rings (SSSR count). The van der Waals surface area contributed by atoms with Gasteiger partial charge < -0.3 is 5.32 Å². The van der Waals surface area contributed by atoms with Crippen LogP contribution in [0.15, 0.2) is 64.3 Å². The van der Waals surface area contributed by atoms with E-state index < -0.39 is 0 Å². The quantitative estimate of drug-likeness (QED) is 0.890. The number of hydrogen-bond acceptors (Lipinski definition) is 2. The van der Waals surface area contributed by atoms with Crippen LogP contribution in [0, 0.1) is 12.8 Å². The van der Waals surface area contributed by atoms with Gasteiger partial charge in [-0.3, -0.25) is 9.59 Å². The first-order valence-corrected chi connectivity index (χ1v) is 9.20. The fourth-order valence-electron chi connectivity index (χ4n) is 4.00. The van der Waals surface area contributed by atoms with E-state index in [1.165, 1.54) is 5.57 Å². The number of allylic oxidation sites excluding steroid dienone is 3. The third kappa shape index (κ3) is 3.32. The van der Waals surface area contributed by atoms with E-state index in [-0.39, 0.29) is 24.2 Å². The second-order valence-electron chi connectivity index (χ2n) is 7.20. The second-order valence-corrected chi connectivity index (χ2v) is 7.20. The Hall–Kier alpha value is -2.75. The van der Waals surface area contributed by atoms with E-state index in [0.717, 1.165) is 48.1 Å². The van der Waals surface area contributed by atoms with Crippen LogP contribution in [-0.4, -0.2) is 17.5 Å². The van der Waals surface area contributed by atoms with E-state index in [2.05, 4.69) is 16.4 Å². The van der Waals surface area contributed by atoms with E-state index in [1.54, 1.807) is 0 Å². The number of rotatable bonds is 2. The molecule has 1 aromatic rings. The lowest BCUT2D eigenvalue weighted by molar-refractivity contribution is -0.118. The van der Waals surface area contributed by atoms with Crippen molar-refractivity contribution in [3.8, 4) is 0 Å². The van der Waals surface area contributed by atoms with Crippen LogP contribution < -0.4 is 5.32 Å². The number of aliphatic imine (C=N–C) groups is 1. The van der Waals surface area contributed by atoms with Gasteiger partial charge in [-0.1, -0.05) is 35.9 Å². The summed E-state index contributed by atoms with van der Waals surface area (Å²) in [5.41, 5.74) is 5.75. The Kier molecular flexibility index (Phi) is 4.41. The summed E-state index contributed by atoms with van der Waals surface area (Å²) >= 11 is 0. The molecule has 1 heterocycles. The van der Waals surface area contributed by atoms with Crippen LogP contribution in [0.1, 0.15) is 36.8 Å². The van der Waals surface area contributed by atoms with Crippen molar-refractivity contribution in [3.05, 3.63) is 70.5 Å². The lowest BCUT2D eigenvalue weighted by Gasteiger charge is -2.33. The SMILES string of the molecule is Cc1cccc(CC(=O)N=C2C=CC3C(=C2)NC(=O)C2=C3CCCC2)c1. The minimum absolute atomic E-state index is 0.0166. The third-order valence-corrected chi connectivity index (χ3v) is 5.21. The van der Waals surface area contributed by atoms with Crippen LogP contribution in [0.5, 0.6) is 0 Å². The molecule has 0 radical (unpaired) electrons. The molecule has 26 heavy (non-hydrogen) atoms. The van der Waals surface area contributed by atoms with Crippen molar-refractivity contribution in [2.24, 2.45) is 10.9 Å². The number of fused-ring (bicyclic) bond motifs is 2. The number of hydrogen-bond donors (Lipinski definition) is 1. The van der Waals surface area contributed by atoms with Crippen molar-refractivity contribution < 1.29 is 9.59 Å². The van der Waals surface area contributed by atoms with Crippen LogP contribution in [0.2, 0.25) is 0 Å². The fourth-order valence-corrected chi connectivity index (χ4v) is 4.00. The van der Waals surface area contributed by atoms with Gasteiger partial charge in [0.05, 0.1) is 12.1 Å². The number of carbonyl (C=O) groups is 2. The number of carbonyl (C=O) groups excluding carboxylic acids is 2. The Morgan fingerprint density at radius 2 is 2.12 bits per heavy atom. The van der Waals surface area contributed by atoms with Gasteiger partial charge in [0.25, 0.3) is 11.8 Å². The number of nitrogens with one attached hydrogen (secondary N) is 1. The summed E-state index contributed by atoms with van der Waals surface area (Å²) < 4.78 is 0. The Balaban J connectivity index is 1.54. The standard InChI is InChI=1S/C22H22N2O2/c1-14-5-4-6-15(11-14)12-21(25)23-16-9-10-18-17-7-2-3-8-19(17)22(26)24-20(18)13-16/h4-6,9-11,13,18H,2-3,7-8,12H2,1H3,(H,24,26). The number of benzene rings is 1. The van der Waals surface area contributed by atoms with E-state index in [1.807, 2.05) is 43.3 Å². The summed E-state index contributed by atoms with van der Waals surface area (Å²) in [6.07, 6.45) is 10.2. The molecule has 1 atom stereocenters. The van der Waals surface area contributed by atoms with Crippen LogP contribution in [0.4, 0.5) is 0 Å². The Bertz CT molecular complexity index is 902. The predicted molar refractivity (Wildman–Crippen MR) is 102 cm³/mol. The molecule has 0 bridgehead atoms. The molecule has 1 N–H and O–H groups in total. The molecule has 1 aromatic carbocycles. The summed E-state index contributed by atoms with van der Waals surface area (Å²) in [5.74, 6) is -0.0259. The van der Waals surface area contributed by atoms with Crippen LogP contribution >= 0.6 is 0 Å². The number of nitrogens with zero attached hydrogens (tertiary/aromatic N) is 1. The van der Waals surface area contributed by atoms with E-state index in [4.69, 9.17) is 0 Å². The maximum atomic E-state index is 12.3. The van der Waals surface area contributed by atoms with Crippen molar-refractivity contribution in [3.63, 3.8) is 0 Å². The first kappa shape index (κ1) is 16.7. The van der Waals surface area contributed by atoms with E-state index in [9.17, 15) is 9.59 Å². The average molecular weight is 346 g/mol. The molecule has 4 heteroatoms. The topological polar surface area (TPSA) is 58.5 Å². The first-order valence-electron chi connectivity index (χ1n) is 9.20. The molecular formula is C22H22N2O2. The molecule has 0 saturated carbocycles. The summed E-state index contributed by atoms with van der Waals surface area (Å²) in [6.45, 7) is 2.01. The van der Waals surface area contributed by atoms with Gasteiger partial charge in [0.2, 0.25) is 0 Å². The average Bonchev–Trinajstić information content (AvgIpc) is 2.62. The van der Waals surface area contributed by atoms with Gasteiger partial charge in [-0.25, -0.2) is 4.99 Å². The molecule has 4 nitrogen and oxygen atoms in total. The molecule has 2 aliphatic carbocycles. The lowest BCUT2D eigenvalue weighted by Crippen LogP contribution is -2.37. The lowest BCUT2D eigenvalue weighted by atomic mass is 9.77. The Labute approximate surface area is 153 Å². The van der Waals surface area contributed by atoms with Gasteiger partial charge >= 0.3 is 0 Å². The van der Waals surface area contributed by atoms with Crippen molar-refractivity contribution in [1.82, 2.24) is 5.32 Å². The maximum Gasteiger partial charge on any atom is 0.251 e. The summed E-state index contributed by atoms with van der Waals surface area (Å²) in [5, 5.41) is 3.00. The third-order valence-electron chi connectivity index (χ3n) is 5.21. The van der Waals surface area contributed by atoms with Crippen LogP contribution in [0.25, 0.3) is 0 Å². The Morgan fingerprint density at radius 3 is 2.96 bits per heavy atom. The van der Waals surface area contributed by atoms with Gasteiger partial charge in [-0.15, -0.1) is 0 Å². The van der Waals surface area contributed by atoms with Crippen molar-refractivity contribution in [1.29, 1.82) is 0 Å². The zero-order valence-corrected chi connectivity index (χ0v) is 14.9. The van der Waals surface area contributed by atoms with Gasteiger partial charge in [0.15, 0.2) is 0 Å². The smallest absolute Gasteiger partial charge is 0.251 e. The molecule has 1 aliphatic heterocycles. The van der Waals surface area contributed by atoms with Crippen LogP contribution in [0.3, 0.4) is 0 Å². The molecular weight excluding hydrogens is 324 g/mol. The highest BCUT2D eigenvalue weighted by atomic mass is 16.2. The molecule has 0 aromatic heterocycles. The zero-order chi connectivity index (χ0) is 18.1. The van der Waals surface area contributed by atoms with Crippen molar-refractivity contribution in [2.75, 3.05) is 0 Å². The highest BCUT2D eigenvalue weighted by molar-refractivity contribution is 6.11. The normalized spacial score (nSPS) is 23.3. The van der Waals surface area contributed by atoms with E-state index >= 15 is 0 Å². The summed E-state index contributed by atoms with van der Waals surface area (Å²) in [4.78, 5) is 28.9. The molecule has 0 saturated heterocycles. The van der Waals surface area contributed by atoms with Crippen molar-refractivity contribution in [2.45, 2.75) is 39.0 Å². The zero-order valence-electron chi connectivity index (χ0n) is 14.9. The second kappa shape index (κ2) is 6.87. The minimum atomic E-state index is -0.176. The number of aryl methyl sites for hydroxylation is 1. The highest BCUT2D eigenvalue weighted by Gasteiger charge is 2.32. The maximum absolute atomic E-state index is 12.3. The molecule has 1 unspecified atom stereocenters. The predicted octanol–water partition coefficient (Wildman–Crippen LogP) is 3.58. The summed E-state index contributed by atoms with van der Waals surface area (Å²) in [6, 6.07) is 7.90. The first-order chi connectivity index (χ1) is 12.6. The van der Waals surface area contributed by atoms with Crippen LogP contribution in [-0.2, 0) is 16.0 Å². The summed E-state index contributed by atoms with van der Waals surface area (Å²) in [7, 11) is 0. The van der Waals surface area contributed by atoms with E-state index in [0.29, 0.717) is 5.71 Å². The molecule has 0 spiro atoms. The highest BCUT2D eigenvalue weighted by Crippen LogP contribution is 2.38. The molecule has 0 fully saturated rings. The largest absolute Gasteiger partial charge is 0.325 e. The van der Waals surface area contributed by atoms with Crippen molar-refractivity contribution >= 4 is 17.5 Å². The fraction of sp³-hybridized carbons (Fsp3) is 0.318. The Morgan fingerprint density at radius 1 is 1.27 bits per heavy atom. The molecule has 3 aliphatic rings. The number of amides is 2. The molecule has 2 amide bonds. The van der Waals surface area contributed by atoms with Gasteiger partial charge in [-0.05, 0) is 55.9 Å². The van der Waals surface area contributed by atoms with Gasteiger partial charge in [0, 0.05) is 17.2 Å². The molecule has 132 valence electrons.